The van der Waals surface area contributed by atoms with Crippen molar-refractivity contribution >= 4 is 43.3 Å². The fraction of sp³-hybridized carbons (Fsp3) is 0.0833. The number of rotatable bonds is 5. The van der Waals surface area contributed by atoms with Crippen LogP contribution in [0.1, 0.15) is 10.9 Å². The number of benzene rings is 1. The van der Waals surface area contributed by atoms with E-state index in [-0.39, 0.29) is 9.37 Å². The highest BCUT2D eigenvalue weighted by Crippen LogP contribution is 2.26. The van der Waals surface area contributed by atoms with Gasteiger partial charge in [-0.3, -0.25) is 4.79 Å². The highest BCUT2D eigenvalue weighted by Gasteiger charge is 2.28. The number of hydrogen-bond acceptors (Lipinski definition) is 4. The van der Waals surface area contributed by atoms with Gasteiger partial charge in [-0.2, -0.15) is 4.72 Å². The van der Waals surface area contributed by atoms with E-state index in [0.717, 1.165) is 29.5 Å². The van der Waals surface area contributed by atoms with E-state index in [1.807, 2.05) is 0 Å². The lowest BCUT2D eigenvalue weighted by Crippen LogP contribution is -2.33. The van der Waals surface area contributed by atoms with Gasteiger partial charge in [-0.05, 0) is 45.6 Å². The second-order valence-corrected chi connectivity index (χ2v) is 7.50. The molecule has 2 rings (SSSR count). The number of hydrogen-bond donors (Lipinski definition) is 2. The molecule has 1 aromatic carbocycles. The molecule has 2 aromatic rings. The summed E-state index contributed by atoms with van der Waals surface area (Å²) >= 11 is 4.08. The second kappa shape index (κ2) is 6.22. The molecule has 2 N–H and O–H groups in total. The monoisotopic (exact) mass is 393 g/mol. The fourth-order valence-electron chi connectivity index (χ4n) is 1.60. The summed E-state index contributed by atoms with van der Waals surface area (Å²) in [5, 5.41) is 10.8. The minimum Gasteiger partial charge on any atom is -0.480 e. The van der Waals surface area contributed by atoms with Crippen LogP contribution in [0.2, 0.25) is 0 Å². The highest BCUT2D eigenvalue weighted by atomic mass is 79.9. The summed E-state index contributed by atoms with van der Waals surface area (Å²) in [6, 6.07) is 4.79. The molecule has 0 aliphatic heterocycles. The molecule has 1 atom stereocenters. The largest absolute Gasteiger partial charge is 0.480 e. The summed E-state index contributed by atoms with van der Waals surface area (Å²) < 4.78 is 39.6. The number of carboxylic acids is 1. The van der Waals surface area contributed by atoms with Crippen molar-refractivity contribution < 1.29 is 22.7 Å². The molecule has 5 nitrogen and oxygen atoms in total. The van der Waals surface area contributed by atoms with Gasteiger partial charge in [-0.15, -0.1) is 11.3 Å². The van der Waals surface area contributed by atoms with Crippen LogP contribution in [0.15, 0.2) is 45.1 Å². The van der Waals surface area contributed by atoms with E-state index in [0.29, 0.717) is 4.88 Å². The molecule has 0 bridgehead atoms. The quantitative estimate of drug-likeness (QED) is 0.817. The van der Waals surface area contributed by atoms with Crippen LogP contribution >= 0.6 is 27.3 Å². The average Bonchev–Trinajstić information content (AvgIpc) is 2.88. The maximum Gasteiger partial charge on any atom is 0.327 e. The van der Waals surface area contributed by atoms with Crippen molar-refractivity contribution in [1.82, 2.24) is 4.72 Å². The van der Waals surface area contributed by atoms with Gasteiger partial charge in [-0.1, -0.05) is 6.07 Å². The SMILES string of the molecule is O=C(O)C(NS(=O)(=O)c1ccc(F)cc1Br)c1cccs1. The van der Waals surface area contributed by atoms with Crippen LogP contribution in [0.4, 0.5) is 4.39 Å². The smallest absolute Gasteiger partial charge is 0.327 e. The molecular formula is C12H9BrFNO4S2. The number of aliphatic carboxylic acids is 1. The number of thiophene rings is 1. The lowest BCUT2D eigenvalue weighted by atomic mass is 10.3. The summed E-state index contributed by atoms with van der Waals surface area (Å²) in [4.78, 5) is 11.4. The Morgan fingerprint density at radius 2 is 2.10 bits per heavy atom. The van der Waals surface area contributed by atoms with Crippen molar-refractivity contribution in [3.8, 4) is 0 Å². The van der Waals surface area contributed by atoms with Gasteiger partial charge < -0.3 is 5.11 Å². The Balaban J connectivity index is 2.37. The molecular weight excluding hydrogens is 385 g/mol. The molecule has 1 aromatic heterocycles. The molecule has 0 fully saturated rings. The standard InChI is InChI=1S/C12H9BrFNO4S2/c13-8-6-7(14)3-4-10(8)21(18,19)15-11(12(16)17)9-2-1-5-20-9/h1-6,11,15H,(H,16,17). The predicted molar refractivity (Wildman–Crippen MR) is 79.1 cm³/mol. The van der Waals surface area contributed by atoms with E-state index in [9.17, 15) is 22.7 Å². The Morgan fingerprint density at radius 3 is 2.62 bits per heavy atom. The Kier molecular flexibility index (Phi) is 4.77. The van der Waals surface area contributed by atoms with Crippen molar-refractivity contribution in [3.05, 3.63) is 50.9 Å². The van der Waals surface area contributed by atoms with E-state index in [1.165, 1.54) is 6.07 Å². The highest BCUT2D eigenvalue weighted by molar-refractivity contribution is 9.10. The third kappa shape index (κ3) is 3.67. The molecule has 21 heavy (non-hydrogen) atoms. The first-order chi connectivity index (χ1) is 9.81. The van der Waals surface area contributed by atoms with Gasteiger partial charge in [-0.25, -0.2) is 12.8 Å². The zero-order chi connectivity index (χ0) is 15.6. The normalized spacial score (nSPS) is 13.0. The predicted octanol–water partition coefficient (Wildman–Crippen LogP) is 2.75. The zero-order valence-electron chi connectivity index (χ0n) is 10.3. The second-order valence-electron chi connectivity index (χ2n) is 3.98. The fourth-order valence-corrected chi connectivity index (χ4v) is 4.66. The van der Waals surface area contributed by atoms with Gasteiger partial charge in [0, 0.05) is 9.35 Å². The Hall–Kier alpha value is -1.29. The number of nitrogens with one attached hydrogen (secondary N) is 1. The van der Waals surface area contributed by atoms with Gasteiger partial charge in [0.25, 0.3) is 0 Å². The molecule has 0 aliphatic rings. The van der Waals surface area contributed by atoms with Crippen LogP contribution < -0.4 is 4.72 Å². The lowest BCUT2D eigenvalue weighted by Gasteiger charge is -2.14. The first-order valence-electron chi connectivity index (χ1n) is 5.55. The van der Waals surface area contributed by atoms with E-state index < -0.39 is 27.9 Å². The van der Waals surface area contributed by atoms with Crippen LogP contribution in [-0.4, -0.2) is 19.5 Å². The number of sulfonamides is 1. The Morgan fingerprint density at radius 1 is 1.38 bits per heavy atom. The lowest BCUT2D eigenvalue weighted by molar-refractivity contribution is -0.139. The van der Waals surface area contributed by atoms with Crippen molar-refractivity contribution in [2.75, 3.05) is 0 Å². The number of carbonyl (C=O) groups is 1. The van der Waals surface area contributed by atoms with Crippen LogP contribution in [0.5, 0.6) is 0 Å². The molecule has 0 spiro atoms. The number of halogens is 2. The van der Waals surface area contributed by atoms with Gasteiger partial charge >= 0.3 is 5.97 Å². The minimum atomic E-state index is -4.12. The molecule has 112 valence electrons. The Labute approximate surface area is 132 Å². The molecule has 9 heteroatoms. The van der Waals surface area contributed by atoms with Gasteiger partial charge in [0.2, 0.25) is 10.0 Å². The zero-order valence-corrected chi connectivity index (χ0v) is 13.5. The topological polar surface area (TPSA) is 83.5 Å². The maximum absolute atomic E-state index is 13.0. The van der Waals surface area contributed by atoms with Gasteiger partial charge in [0.05, 0.1) is 4.90 Å². The Bertz CT molecular complexity index is 762. The summed E-state index contributed by atoms with van der Waals surface area (Å²) in [7, 11) is -4.12. The van der Waals surface area contributed by atoms with Crippen molar-refractivity contribution in [3.63, 3.8) is 0 Å². The van der Waals surface area contributed by atoms with Crippen molar-refractivity contribution in [1.29, 1.82) is 0 Å². The number of carboxylic acid groups (broad SMARTS) is 1. The third-order valence-corrected chi connectivity index (χ3v) is 5.87. The molecule has 0 aliphatic carbocycles. The van der Waals surface area contributed by atoms with E-state index in [2.05, 4.69) is 20.7 Å². The summed E-state index contributed by atoms with van der Waals surface area (Å²) in [6.45, 7) is 0. The summed E-state index contributed by atoms with van der Waals surface area (Å²) in [5.41, 5.74) is 0. The van der Waals surface area contributed by atoms with Gasteiger partial charge in [0.1, 0.15) is 5.82 Å². The van der Waals surface area contributed by atoms with Crippen molar-refractivity contribution in [2.45, 2.75) is 10.9 Å². The molecule has 0 saturated carbocycles. The first-order valence-corrected chi connectivity index (χ1v) is 8.70. The van der Waals surface area contributed by atoms with Crippen LogP contribution in [-0.2, 0) is 14.8 Å². The van der Waals surface area contributed by atoms with Crippen LogP contribution in [0, 0.1) is 5.82 Å². The summed E-state index contributed by atoms with van der Waals surface area (Å²) in [5.74, 6) is -1.92. The third-order valence-electron chi connectivity index (χ3n) is 2.53. The minimum absolute atomic E-state index is 0.0188. The van der Waals surface area contributed by atoms with Crippen molar-refractivity contribution in [2.24, 2.45) is 0 Å². The molecule has 0 radical (unpaired) electrons. The average molecular weight is 394 g/mol. The molecule has 1 heterocycles. The van der Waals surface area contributed by atoms with Crippen LogP contribution in [0.25, 0.3) is 0 Å². The maximum atomic E-state index is 13.0. The van der Waals surface area contributed by atoms with E-state index >= 15 is 0 Å². The van der Waals surface area contributed by atoms with E-state index in [1.54, 1.807) is 11.4 Å². The summed E-state index contributed by atoms with van der Waals surface area (Å²) in [6.07, 6.45) is 0. The molecule has 1 unspecified atom stereocenters. The molecule has 0 saturated heterocycles. The van der Waals surface area contributed by atoms with Crippen LogP contribution in [0.3, 0.4) is 0 Å². The van der Waals surface area contributed by atoms with E-state index in [4.69, 9.17) is 0 Å². The first kappa shape index (κ1) is 16.1. The van der Waals surface area contributed by atoms with Gasteiger partial charge in [0.15, 0.2) is 6.04 Å². The molecule has 0 amide bonds.